The van der Waals surface area contributed by atoms with Crippen LogP contribution in [0.4, 0.5) is 0 Å². The first-order chi connectivity index (χ1) is 13.9. The van der Waals surface area contributed by atoms with Crippen molar-refractivity contribution in [2.24, 2.45) is 4.99 Å². The zero-order valence-corrected chi connectivity index (χ0v) is 18.2. The first kappa shape index (κ1) is 21.6. The van der Waals surface area contributed by atoms with Crippen LogP contribution in [0.1, 0.15) is 6.92 Å². The monoisotopic (exact) mass is 472 g/mol. The van der Waals surface area contributed by atoms with Gasteiger partial charge in [-0.05, 0) is 43.3 Å². The van der Waals surface area contributed by atoms with E-state index in [4.69, 9.17) is 44.3 Å². The molecule has 29 heavy (non-hydrogen) atoms. The molecule has 6 nitrogen and oxygen atoms in total. The summed E-state index contributed by atoms with van der Waals surface area (Å²) >= 11 is 19.5. The molecule has 0 atom stereocenters. The summed E-state index contributed by atoms with van der Waals surface area (Å²) in [6, 6.07) is 10.0. The number of esters is 1. The maximum Gasteiger partial charge on any atom is 0.326 e. The molecule has 1 amide bonds. The molecule has 0 radical (unpaired) electrons. The van der Waals surface area contributed by atoms with Crippen LogP contribution in [0.5, 0.6) is 5.75 Å². The molecule has 3 rings (SSSR count). The van der Waals surface area contributed by atoms with Gasteiger partial charge >= 0.3 is 5.97 Å². The summed E-state index contributed by atoms with van der Waals surface area (Å²) < 4.78 is 12.7. The molecule has 0 unspecified atom stereocenters. The fourth-order valence-corrected chi connectivity index (χ4v) is 4.14. The minimum Gasteiger partial charge on any atom is -0.484 e. The van der Waals surface area contributed by atoms with Crippen LogP contribution in [0, 0.1) is 0 Å². The second-order valence-corrected chi connectivity index (χ2v) is 7.96. The largest absolute Gasteiger partial charge is 0.484 e. The molecule has 0 bridgehead atoms. The lowest BCUT2D eigenvalue weighted by atomic mass is 10.3. The Labute approximate surface area is 185 Å². The molecule has 0 saturated carbocycles. The zero-order chi connectivity index (χ0) is 21.0. The minimum atomic E-state index is -0.522. The van der Waals surface area contributed by atoms with Crippen molar-refractivity contribution < 1.29 is 19.1 Å². The normalized spacial score (nSPS) is 11.7. The number of carbonyl (C=O) groups excluding carboxylic acids is 2. The van der Waals surface area contributed by atoms with Crippen LogP contribution in [0.2, 0.25) is 15.1 Å². The van der Waals surface area contributed by atoms with Crippen molar-refractivity contribution in [3.63, 3.8) is 0 Å². The molecule has 1 aromatic heterocycles. The molecule has 0 aliphatic heterocycles. The van der Waals surface area contributed by atoms with Gasteiger partial charge in [0.2, 0.25) is 0 Å². The molecular weight excluding hydrogens is 459 g/mol. The topological polar surface area (TPSA) is 69.9 Å². The smallest absolute Gasteiger partial charge is 0.326 e. The minimum absolute atomic E-state index is 0.155. The maximum absolute atomic E-state index is 12.3. The van der Waals surface area contributed by atoms with Gasteiger partial charge in [0.15, 0.2) is 11.4 Å². The fraction of sp³-hybridized carbons (Fsp3) is 0.211. The SMILES string of the molecule is CCOC(=O)Cn1c(=NC(=O)COc2ccc(Cl)cc2)sc2ccc(Cl)c(Cl)c21. The van der Waals surface area contributed by atoms with Gasteiger partial charge in [-0.1, -0.05) is 46.1 Å². The Kier molecular flexibility index (Phi) is 7.18. The molecule has 10 heteroatoms. The number of nitrogens with zero attached hydrogens (tertiary/aromatic N) is 2. The third-order valence-corrected chi connectivity index (χ3v) is 5.81. The van der Waals surface area contributed by atoms with Gasteiger partial charge in [0.05, 0.1) is 26.9 Å². The van der Waals surface area contributed by atoms with Gasteiger partial charge < -0.3 is 14.0 Å². The van der Waals surface area contributed by atoms with E-state index in [1.165, 1.54) is 15.9 Å². The van der Waals surface area contributed by atoms with E-state index in [-0.39, 0.29) is 24.8 Å². The molecule has 0 saturated heterocycles. The van der Waals surface area contributed by atoms with Gasteiger partial charge in [-0.25, -0.2) is 0 Å². The highest BCUT2D eigenvalue weighted by atomic mass is 35.5. The van der Waals surface area contributed by atoms with Crippen LogP contribution in [0.25, 0.3) is 10.2 Å². The molecule has 0 aliphatic carbocycles. The van der Waals surface area contributed by atoms with Gasteiger partial charge in [-0.2, -0.15) is 4.99 Å². The number of hydrogen-bond donors (Lipinski definition) is 0. The summed E-state index contributed by atoms with van der Waals surface area (Å²) in [5.74, 6) is -0.510. The van der Waals surface area contributed by atoms with Crippen molar-refractivity contribution in [2.45, 2.75) is 13.5 Å². The Morgan fingerprint density at radius 1 is 1.10 bits per heavy atom. The lowest BCUT2D eigenvalue weighted by Gasteiger charge is -2.07. The van der Waals surface area contributed by atoms with Crippen molar-refractivity contribution in [3.8, 4) is 5.75 Å². The summed E-state index contributed by atoms with van der Waals surface area (Å²) in [4.78, 5) is 28.8. The van der Waals surface area contributed by atoms with Gasteiger partial charge in [-0.15, -0.1) is 0 Å². The van der Waals surface area contributed by atoms with E-state index < -0.39 is 11.9 Å². The molecule has 0 N–H and O–H groups in total. The van der Waals surface area contributed by atoms with E-state index in [1.807, 2.05) is 0 Å². The molecule has 152 valence electrons. The van der Waals surface area contributed by atoms with Gasteiger partial charge in [0.1, 0.15) is 12.3 Å². The molecule has 3 aromatic rings. The predicted molar refractivity (Wildman–Crippen MR) is 114 cm³/mol. The number of ether oxygens (including phenoxy) is 2. The summed E-state index contributed by atoms with van der Waals surface area (Å²) in [6.07, 6.45) is 0. The van der Waals surface area contributed by atoms with E-state index in [0.717, 1.165) is 4.70 Å². The van der Waals surface area contributed by atoms with Crippen molar-refractivity contribution in [2.75, 3.05) is 13.2 Å². The predicted octanol–water partition coefficient (Wildman–Crippen LogP) is 4.73. The Balaban J connectivity index is 1.93. The fourth-order valence-electron chi connectivity index (χ4n) is 2.49. The Bertz CT molecular complexity index is 1120. The van der Waals surface area contributed by atoms with E-state index in [1.54, 1.807) is 43.3 Å². The van der Waals surface area contributed by atoms with Crippen LogP contribution >= 0.6 is 46.1 Å². The van der Waals surface area contributed by atoms with Crippen LogP contribution in [0.15, 0.2) is 41.4 Å². The highest BCUT2D eigenvalue weighted by molar-refractivity contribution is 7.16. The molecule has 0 fully saturated rings. The molecular formula is C19H15Cl3N2O4S. The molecule has 0 aliphatic rings. The number of carbonyl (C=O) groups is 2. The Morgan fingerprint density at radius 2 is 1.83 bits per heavy atom. The number of amides is 1. The highest BCUT2D eigenvalue weighted by Gasteiger charge is 2.16. The van der Waals surface area contributed by atoms with Crippen LogP contribution < -0.4 is 9.54 Å². The number of fused-ring (bicyclic) bond motifs is 1. The van der Waals surface area contributed by atoms with Gasteiger partial charge in [-0.3, -0.25) is 9.59 Å². The first-order valence-corrected chi connectivity index (χ1v) is 10.4. The van der Waals surface area contributed by atoms with Crippen molar-refractivity contribution in [1.29, 1.82) is 0 Å². The van der Waals surface area contributed by atoms with E-state index >= 15 is 0 Å². The second-order valence-electron chi connectivity index (χ2n) is 5.73. The number of thiazole rings is 1. The third-order valence-electron chi connectivity index (χ3n) is 3.72. The van der Waals surface area contributed by atoms with Crippen molar-refractivity contribution in [3.05, 3.63) is 56.3 Å². The van der Waals surface area contributed by atoms with Crippen LogP contribution in [0.3, 0.4) is 0 Å². The molecule has 2 aromatic carbocycles. The van der Waals surface area contributed by atoms with Crippen molar-refractivity contribution >= 4 is 68.2 Å². The average Bonchev–Trinajstić information content (AvgIpc) is 3.02. The molecule has 0 spiro atoms. The van der Waals surface area contributed by atoms with E-state index in [9.17, 15) is 9.59 Å². The quantitative estimate of drug-likeness (QED) is 0.485. The third kappa shape index (κ3) is 5.30. The van der Waals surface area contributed by atoms with E-state index in [2.05, 4.69) is 4.99 Å². The van der Waals surface area contributed by atoms with E-state index in [0.29, 0.717) is 26.1 Å². The highest BCUT2D eigenvalue weighted by Crippen LogP contribution is 2.32. The maximum atomic E-state index is 12.3. The Morgan fingerprint density at radius 3 is 2.52 bits per heavy atom. The number of hydrogen-bond acceptors (Lipinski definition) is 5. The molecule has 1 heterocycles. The van der Waals surface area contributed by atoms with Crippen LogP contribution in [-0.4, -0.2) is 29.7 Å². The summed E-state index contributed by atoms with van der Waals surface area (Å²) in [7, 11) is 0. The standard InChI is InChI=1S/C19H15Cl3N2O4S/c1-2-27-16(26)9-24-18-14(8-7-13(21)17(18)22)29-19(24)23-15(25)10-28-12-5-3-11(20)4-6-12/h3-8H,2,9-10H2,1H3. The number of rotatable bonds is 6. The number of halogens is 3. The summed E-state index contributed by atoms with van der Waals surface area (Å²) in [6.45, 7) is 1.51. The number of aromatic nitrogens is 1. The van der Waals surface area contributed by atoms with Gasteiger partial charge in [0, 0.05) is 5.02 Å². The van der Waals surface area contributed by atoms with Crippen LogP contribution in [-0.2, 0) is 20.9 Å². The Hall–Kier alpha value is -2.06. The van der Waals surface area contributed by atoms with Crippen molar-refractivity contribution in [1.82, 2.24) is 4.57 Å². The average molecular weight is 474 g/mol. The number of benzene rings is 2. The van der Waals surface area contributed by atoms with Gasteiger partial charge in [0.25, 0.3) is 5.91 Å². The lowest BCUT2D eigenvalue weighted by Crippen LogP contribution is -2.24. The summed E-state index contributed by atoms with van der Waals surface area (Å²) in [5, 5.41) is 1.17. The zero-order valence-electron chi connectivity index (χ0n) is 15.2. The summed E-state index contributed by atoms with van der Waals surface area (Å²) in [5.41, 5.74) is 0.516. The lowest BCUT2D eigenvalue weighted by molar-refractivity contribution is -0.143. The first-order valence-electron chi connectivity index (χ1n) is 8.48. The second kappa shape index (κ2) is 9.63.